The van der Waals surface area contributed by atoms with Crippen LogP contribution in [-0.4, -0.2) is 25.5 Å². The fraction of sp³-hybridized carbons (Fsp3) is 0.533. The van der Waals surface area contributed by atoms with Crippen molar-refractivity contribution in [2.75, 3.05) is 13.7 Å². The quantitative estimate of drug-likeness (QED) is 0.788. The van der Waals surface area contributed by atoms with Gasteiger partial charge in [-0.05, 0) is 43.1 Å². The van der Waals surface area contributed by atoms with E-state index in [2.05, 4.69) is 19.2 Å². The first-order chi connectivity index (χ1) is 8.51. The molecule has 0 aromatic heterocycles. The van der Waals surface area contributed by atoms with Crippen LogP contribution in [0.5, 0.6) is 5.75 Å². The van der Waals surface area contributed by atoms with Gasteiger partial charge in [0.1, 0.15) is 5.75 Å². The molecular formula is C15H23NO2. The summed E-state index contributed by atoms with van der Waals surface area (Å²) in [6, 6.07) is 5.46. The second kappa shape index (κ2) is 6.55. The van der Waals surface area contributed by atoms with E-state index in [4.69, 9.17) is 4.74 Å². The van der Waals surface area contributed by atoms with Crippen LogP contribution in [0.15, 0.2) is 18.2 Å². The van der Waals surface area contributed by atoms with Crippen LogP contribution < -0.4 is 10.1 Å². The van der Waals surface area contributed by atoms with Gasteiger partial charge in [-0.1, -0.05) is 20.8 Å². The van der Waals surface area contributed by atoms with Gasteiger partial charge in [0, 0.05) is 5.56 Å². The van der Waals surface area contributed by atoms with E-state index in [9.17, 15) is 4.79 Å². The Morgan fingerprint density at radius 2 is 2.06 bits per heavy atom. The number of rotatable bonds is 6. The van der Waals surface area contributed by atoms with E-state index >= 15 is 0 Å². The number of carbonyl (C=O) groups excluding carboxylic acids is 1. The summed E-state index contributed by atoms with van der Waals surface area (Å²) in [5, 5.41) is 3.25. The zero-order chi connectivity index (χ0) is 13.7. The summed E-state index contributed by atoms with van der Waals surface area (Å²) < 4.78 is 5.21. The monoisotopic (exact) mass is 249 g/mol. The number of methoxy groups -OCH3 is 1. The summed E-state index contributed by atoms with van der Waals surface area (Å²) in [6.07, 6.45) is 0. The number of hydrogen-bond donors (Lipinski definition) is 1. The number of carbonyl (C=O) groups is 1. The number of aryl methyl sites for hydroxylation is 1. The summed E-state index contributed by atoms with van der Waals surface area (Å²) in [5.41, 5.74) is 1.73. The van der Waals surface area contributed by atoms with Crippen LogP contribution in [0.2, 0.25) is 0 Å². The number of nitrogens with one attached hydrogen (secondary N) is 1. The van der Waals surface area contributed by atoms with Crippen LogP contribution in [0, 0.1) is 12.8 Å². The molecule has 100 valence electrons. The molecule has 0 heterocycles. The van der Waals surface area contributed by atoms with Crippen molar-refractivity contribution in [3.05, 3.63) is 29.3 Å². The Hall–Kier alpha value is -1.35. The number of Topliss-reactive ketones (excluding diaryl/α,β-unsaturated/α-hetero) is 1. The zero-order valence-electron chi connectivity index (χ0n) is 11.9. The normalized spacial score (nSPS) is 12.6. The van der Waals surface area contributed by atoms with E-state index in [1.807, 2.05) is 32.0 Å². The van der Waals surface area contributed by atoms with Crippen molar-refractivity contribution in [3.8, 4) is 5.75 Å². The second-order valence-electron chi connectivity index (χ2n) is 4.83. The molecule has 0 bridgehead atoms. The van der Waals surface area contributed by atoms with Gasteiger partial charge < -0.3 is 10.1 Å². The maximum absolute atomic E-state index is 12.4. The Bertz CT molecular complexity index is 413. The molecule has 1 rings (SSSR count). The highest BCUT2D eigenvalue weighted by atomic mass is 16.5. The first kappa shape index (κ1) is 14.7. The minimum atomic E-state index is -0.122. The topological polar surface area (TPSA) is 38.3 Å². The van der Waals surface area contributed by atoms with Crippen molar-refractivity contribution in [1.29, 1.82) is 0 Å². The maximum atomic E-state index is 12.4. The zero-order valence-corrected chi connectivity index (χ0v) is 11.9. The molecule has 1 unspecified atom stereocenters. The predicted molar refractivity (Wildman–Crippen MR) is 74.4 cm³/mol. The van der Waals surface area contributed by atoms with Crippen LogP contribution >= 0.6 is 0 Å². The first-order valence-corrected chi connectivity index (χ1v) is 6.43. The summed E-state index contributed by atoms with van der Waals surface area (Å²) >= 11 is 0. The van der Waals surface area contributed by atoms with Crippen LogP contribution in [-0.2, 0) is 0 Å². The van der Waals surface area contributed by atoms with Gasteiger partial charge >= 0.3 is 0 Å². The average molecular weight is 249 g/mol. The summed E-state index contributed by atoms with van der Waals surface area (Å²) in [5.74, 6) is 1.24. The molecule has 1 N–H and O–H groups in total. The lowest BCUT2D eigenvalue weighted by Gasteiger charge is -2.20. The van der Waals surface area contributed by atoms with Crippen molar-refractivity contribution >= 4 is 5.78 Å². The molecule has 0 radical (unpaired) electrons. The van der Waals surface area contributed by atoms with Crippen molar-refractivity contribution in [3.63, 3.8) is 0 Å². The third kappa shape index (κ3) is 3.33. The summed E-state index contributed by atoms with van der Waals surface area (Å²) in [6.45, 7) is 8.88. The van der Waals surface area contributed by atoms with Crippen LogP contribution in [0.25, 0.3) is 0 Å². The Labute approximate surface area is 110 Å². The Morgan fingerprint density at radius 1 is 1.39 bits per heavy atom. The number of ketones is 1. The van der Waals surface area contributed by atoms with Crippen molar-refractivity contribution in [2.24, 2.45) is 5.92 Å². The van der Waals surface area contributed by atoms with E-state index in [-0.39, 0.29) is 17.7 Å². The number of likely N-dealkylation sites (N-methyl/N-ethyl adjacent to an activating group) is 1. The third-order valence-electron chi connectivity index (χ3n) is 3.05. The number of benzene rings is 1. The van der Waals surface area contributed by atoms with E-state index in [0.29, 0.717) is 0 Å². The average Bonchev–Trinajstić information content (AvgIpc) is 2.34. The molecule has 0 saturated carbocycles. The maximum Gasteiger partial charge on any atom is 0.179 e. The van der Waals surface area contributed by atoms with Gasteiger partial charge in [-0.3, -0.25) is 4.79 Å². The summed E-state index contributed by atoms with van der Waals surface area (Å²) in [4.78, 5) is 12.4. The molecule has 1 aromatic rings. The lowest BCUT2D eigenvalue weighted by Crippen LogP contribution is -2.40. The predicted octanol–water partition coefficient (Wildman–Crippen LogP) is 2.82. The molecule has 0 spiro atoms. The first-order valence-electron chi connectivity index (χ1n) is 6.43. The molecule has 18 heavy (non-hydrogen) atoms. The highest BCUT2D eigenvalue weighted by molar-refractivity contribution is 6.00. The van der Waals surface area contributed by atoms with E-state index in [1.54, 1.807) is 7.11 Å². The molecule has 1 atom stereocenters. The van der Waals surface area contributed by atoms with Gasteiger partial charge in [-0.15, -0.1) is 0 Å². The molecule has 0 amide bonds. The molecule has 1 aromatic carbocycles. The van der Waals surface area contributed by atoms with Crippen molar-refractivity contribution in [2.45, 2.75) is 33.7 Å². The van der Waals surface area contributed by atoms with Crippen LogP contribution in [0.1, 0.15) is 36.7 Å². The lowest BCUT2D eigenvalue weighted by molar-refractivity contribution is 0.0918. The molecule has 0 aliphatic carbocycles. The molecular weight excluding hydrogens is 226 g/mol. The Morgan fingerprint density at radius 3 is 2.50 bits per heavy atom. The van der Waals surface area contributed by atoms with Gasteiger partial charge in [0.15, 0.2) is 5.78 Å². The SMILES string of the molecule is CCNC(C(=O)c1ccc(OC)c(C)c1)C(C)C. The highest BCUT2D eigenvalue weighted by Gasteiger charge is 2.22. The van der Waals surface area contributed by atoms with Gasteiger partial charge in [0.25, 0.3) is 0 Å². The Kier molecular flexibility index (Phi) is 5.35. The fourth-order valence-electron chi connectivity index (χ4n) is 2.06. The second-order valence-corrected chi connectivity index (χ2v) is 4.83. The van der Waals surface area contributed by atoms with Crippen LogP contribution in [0.4, 0.5) is 0 Å². The summed E-state index contributed by atoms with van der Waals surface area (Å²) in [7, 11) is 1.64. The Balaban J connectivity index is 2.98. The standard InChI is InChI=1S/C15H23NO2/c1-6-16-14(10(2)3)15(17)12-7-8-13(18-5)11(4)9-12/h7-10,14,16H,6H2,1-5H3. The van der Waals surface area contributed by atoms with Gasteiger partial charge in [-0.2, -0.15) is 0 Å². The molecule has 0 saturated heterocycles. The third-order valence-corrected chi connectivity index (χ3v) is 3.05. The van der Waals surface area contributed by atoms with E-state index < -0.39 is 0 Å². The molecule has 3 nitrogen and oxygen atoms in total. The van der Waals surface area contributed by atoms with Gasteiger partial charge in [0.2, 0.25) is 0 Å². The minimum absolute atomic E-state index is 0.122. The van der Waals surface area contributed by atoms with E-state index in [1.165, 1.54) is 0 Å². The van der Waals surface area contributed by atoms with Crippen molar-refractivity contribution < 1.29 is 9.53 Å². The molecule has 3 heteroatoms. The fourth-order valence-corrected chi connectivity index (χ4v) is 2.06. The smallest absolute Gasteiger partial charge is 0.179 e. The van der Waals surface area contributed by atoms with E-state index in [0.717, 1.165) is 23.4 Å². The van der Waals surface area contributed by atoms with Crippen molar-refractivity contribution in [1.82, 2.24) is 5.32 Å². The number of hydrogen-bond acceptors (Lipinski definition) is 3. The largest absolute Gasteiger partial charge is 0.496 e. The lowest BCUT2D eigenvalue weighted by atomic mass is 9.94. The van der Waals surface area contributed by atoms with Crippen LogP contribution in [0.3, 0.4) is 0 Å². The van der Waals surface area contributed by atoms with Gasteiger partial charge in [0.05, 0.1) is 13.2 Å². The molecule has 0 aliphatic heterocycles. The molecule has 0 fully saturated rings. The molecule has 0 aliphatic rings. The van der Waals surface area contributed by atoms with Gasteiger partial charge in [-0.25, -0.2) is 0 Å². The number of ether oxygens (including phenoxy) is 1. The highest BCUT2D eigenvalue weighted by Crippen LogP contribution is 2.20. The minimum Gasteiger partial charge on any atom is -0.496 e.